The number of fused-ring (bicyclic) bond motifs is 1. The van der Waals surface area contributed by atoms with E-state index in [9.17, 15) is 0 Å². The molecule has 3 aromatic rings. The third-order valence-corrected chi connectivity index (χ3v) is 3.85. The molecule has 0 spiro atoms. The van der Waals surface area contributed by atoms with E-state index in [-0.39, 0.29) is 30.0 Å². The highest BCUT2D eigenvalue weighted by Crippen LogP contribution is 2.23. The van der Waals surface area contributed by atoms with Gasteiger partial charge in [-0.15, -0.1) is 24.0 Å². The number of nitrogens with one attached hydrogen (secondary N) is 2. The first-order valence-electron chi connectivity index (χ1n) is 8.09. The summed E-state index contributed by atoms with van der Waals surface area (Å²) in [7, 11) is 1.73. The number of furan rings is 1. The van der Waals surface area contributed by atoms with Crippen molar-refractivity contribution in [3.8, 4) is 0 Å². The zero-order valence-electron chi connectivity index (χ0n) is 14.6. The summed E-state index contributed by atoms with van der Waals surface area (Å²) in [4.78, 5) is 4.24. The standard InChI is InChI=1S/C18H22N4O2.HI/c1-4-14-10-15(24-22-14)11-20-18(19-3)21-12(2)17-9-13-7-5-6-8-16(13)23-17;/h5-10,12H,4,11H2,1-3H3,(H2,19,20,21);1H. The van der Waals surface area contributed by atoms with Crippen molar-refractivity contribution in [1.82, 2.24) is 15.8 Å². The molecule has 2 aromatic heterocycles. The predicted molar refractivity (Wildman–Crippen MR) is 109 cm³/mol. The Kier molecular flexibility index (Phi) is 6.86. The van der Waals surface area contributed by atoms with E-state index in [1.807, 2.05) is 50.2 Å². The Bertz CT molecular complexity index is 807. The molecule has 0 amide bonds. The summed E-state index contributed by atoms with van der Waals surface area (Å²) in [5.41, 5.74) is 1.84. The maximum atomic E-state index is 5.88. The smallest absolute Gasteiger partial charge is 0.191 e. The van der Waals surface area contributed by atoms with Crippen molar-refractivity contribution in [3.05, 3.63) is 53.6 Å². The number of benzene rings is 1. The maximum Gasteiger partial charge on any atom is 0.191 e. The highest BCUT2D eigenvalue weighted by molar-refractivity contribution is 14.0. The van der Waals surface area contributed by atoms with Crippen LogP contribution in [0.25, 0.3) is 11.0 Å². The molecule has 7 heteroatoms. The average Bonchev–Trinajstić information content (AvgIpc) is 3.24. The quantitative estimate of drug-likeness (QED) is 0.346. The lowest BCUT2D eigenvalue weighted by molar-refractivity contribution is 0.374. The van der Waals surface area contributed by atoms with Crippen LogP contribution in [0.3, 0.4) is 0 Å². The topological polar surface area (TPSA) is 75.6 Å². The number of halogens is 1. The van der Waals surface area contributed by atoms with E-state index in [2.05, 4.69) is 20.8 Å². The van der Waals surface area contributed by atoms with E-state index in [0.29, 0.717) is 12.5 Å². The Morgan fingerprint density at radius 3 is 2.76 bits per heavy atom. The lowest BCUT2D eigenvalue weighted by Gasteiger charge is -2.15. The first-order chi connectivity index (χ1) is 11.7. The van der Waals surface area contributed by atoms with Crippen LogP contribution in [0.5, 0.6) is 0 Å². The average molecular weight is 454 g/mol. The van der Waals surface area contributed by atoms with Gasteiger partial charge in [0, 0.05) is 18.5 Å². The first kappa shape index (κ1) is 19.3. The van der Waals surface area contributed by atoms with Crippen LogP contribution in [0.15, 0.2) is 50.3 Å². The summed E-state index contributed by atoms with van der Waals surface area (Å²) in [5, 5.41) is 11.6. The first-order valence-corrected chi connectivity index (χ1v) is 8.09. The largest absolute Gasteiger partial charge is 0.459 e. The second-order valence-electron chi connectivity index (χ2n) is 5.62. The van der Waals surface area contributed by atoms with Crippen molar-refractivity contribution in [2.75, 3.05) is 7.05 Å². The van der Waals surface area contributed by atoms with E-state index >= 15 is 0 Å². The number of para-hydroxylation sites is 1. The zero-order chi connectivity index (χ0) is 16.9. The van der Waals surface area contributed by atoms with E-state index in [4.69, 9.17) is 8.94 Å². The molecule has 0 fully saturated rings. The van der Waals surface area contributed by atoms with Crippen LogP contribution >= 0.6 is 24.0 Å². The molecule has 2 N–H and O–H groups in total. The molecular formula is C18H23IN4O2. The van der Waals surface area contributed by atoms with Crippen molar-refractivity contribution >= 4 is 40.9 Å². The van der Waals surface area contributed by atoms with Gasteiger partial charge in [0.15, 0.2) is 11.7 Å². The van der Waals surface area contributed by atoms with Gasteiger partial charge in [0.1, 0.15) is 11.3 Å². The molecule has 6 nitrogen and oxygen atoms in total. The number of nitrogens with zero attached hydrogens (tertiary/aromatic N) is 2. The number of aromatic nitrogens is 1. The van der Waals surface area contributed by atoms with Gasteiger partial charge in [0.25, 0.3) is 0 Å². The molecule has 25 heavy (non-hydrogen) atoms. The summed E-state index contributed by atoms with van der Waals surface area (Å²) >= 11 is 0. The van der Waals surface area contributed by atoms with Crippen molar-refractivity contribution in [2.45, 2.75) is 32.9 Å². The van der Waals surface area contributed by atoms with E-state index in [1.54, 1.807) is 7.05 Å². The molecule has 0 saturated carbocycles. The maximum absolute atomic E-state index is 5.88. The van der Waals surface area contributed by atoms with Crippen molar-refractivity contribution in [3.63, 3.8) is 0 Å². The molecule has 0 aliphatic heterocycles. The molecule has 0 aliphatic rings. The third-order valence-electron chi connectivity index (χ3n) is 3.85. The SMILES string of the molecule is CCc1cc(CNC(=NC)NC(C)c2cc3ccccc3o2)on1.I. The fourth-order valence-electron chi connectivity index (χ4n) is 2.46. The summed E-state index contributed by atoms with van der Waals surface area (Å²) in [5.74, 6) is 2.33. The molecule has 0 saturated heterocycles. The monoisotopic (exact) mass is 454 g/mol. The number of aryl methyl sites for hydroxylation is 1. The predicted octanol–water partition coefficient (Wildman–Crippen LogP) is 4.03. The Morgan fingerprint density at radius 2 is 2.08 bits per heavy atom. The zero-order valence-corrected chi connectivity index (χ0v) is 16.9. The van der Waals surface area contributed by atoms with Crippen LogP contribution < -0.4 is 10.6 Å². The Balaban J connectivity index is 0.00000225. The molecule has 134 valence electrons. The molecular weight excluding hydrogens is 431 g/mol. The van der Waals surface area contributed by atoms with Crippen LogP contribution in [-0.4, -0.2) is 18.2 Å². The minimum absolute atomic E-state index is 0. The fraction of sp³-hybridized carbons (Fsp3) is 0.333. The second kappa shape index (κ2) is 8.89. The summed E-state index contributed by atoms with van der Waals surface area (Å²) in [6.45, 7) is 4.61. The van der Waals surface area contributed by atoms with Gasteiger partial charge >= 0.3 is 0 Å². The molecule has 1 aromatic carbocycles. The Morgan fingerprint density at radius 1 is 1.28 bits per heavy atom. The number of hydrogen-bond donors (Lipinski definition) is 2. The van der Waals surface area contributed by atoms with Crippen LogP contribution in [-0.2, 0) is 13.0 Å². The van der Waals surface area contributed by atoms with Crippen molar-refractivity contribution < 1.29 is 8.94 Å². The molecule has 2 heterocycles. The van der Waals surface area contributed by atoms with Crippen LogP contribution in [0.2, 0.25) is 0 Å². The minimum atomic E-state index is -0.00970. The summed E-state index contributed by atoms with van der Waals surface area (Å²) in [6.07, 6.45) is 0.861. The number of hydrogen-bond acceptors (Lipinski definition) is 4. The van der Waals surface area contributed by atoms with Gasteiger partial charge in [-0.25, -0.2) is 0 Å². The highest BCUT2D eigenvalue weighted by Gasteiger charge is 2.13. The molecule has 1 unspecified atom stereocenters. The lowest BCUT2D eigenvalue weighted by atomic mass is 10.2. The summed E-state index contributed by atoms with van der Waals surface area (Å²) in [6, 6.07) is 12.0. The number of aliphatic imine (C=N–C) groups is 1. The Labute approximate surface area is 164 Å². The molecule has 0 radical (unpaired) electrons. The molecule has 3 rings (SSSR count). The van der Waals surface area contributed by atoms with Gasteiger partial charge in [-0.2, -0.15) is 0 Å². The van der Waals surface area contributed by atoms with Gasteiger partial charge < -0.3 is 19.6 Å². The minimum Gasteiger partial charge on any atom is -0.459 e. The van der Waals surface area contributed by atoms with Crippen LogP contribution in [0.4, 0.5) is 0 Å². The van der Waals surface area contributed by atoms with E-state index < -0.39 is 0 Å². The van der Waals surface area contributed by atoms with Gasteiger partial charge in [-0.1, -0.05) is 30.3 Å². The Hall–Kier alpha value is -2.03. The van der Waals surface area contributed by atoms with Crippen molar-refractivity contribution in [2.24, 2.45) is 4.99 Å². The van der Waals surface area contributed by atoms with E-state index in [0.717, 1.165) is 34.6 Å². The van der Waals surface area contributed by atoms with Gasteiger partial charge in [-0.05, 0) is 25.5 Å². The fourth-order valence-corrected chi connectivity index (χ4v) is 2.46. The highest BCUT2D eigenvalue weighted by atomic mass is 127. The molecule has 0 aliphatic carbocycles. The van der Waals surface area contributed by atoms with Crippen molar-refractivity contribution in [1.29, 1.82) is 0 Å². The molecule has 1 atom stereocenters. The van der Waals surface area contributed by atoms with Crippen LogP contribution in [0.1, 0.15) is 37.1 Å². The third kappa shape index (κ3) is 4.75. The van der Waals surface area contributed by atoms with E-state index in [1.165, 1.54) is 0 Å². The number of rotatable bonds is 5. The van der Waals surface area contributed by atoms with Gasteiger partial charge in [-0.3, -0.25) is 4.99 Å². The summed E-state index contributed by atoms with van der Waals surface area (Å²) < 4.78 is 11.1. The number of guanidine groups is 1. The lowest BCUT2D eigenvalue weighted by Crippen LogP contribution is -2.38. The second-order valence-corrected chi connectivity index (χ2v) is 5.62. The van der Waals surface area contributed by atoms with Crippen LogP contribution in [0, 0.1) is 0 Å². The molecule has 0 bridgehead atoms. The normalized spacial score (nSPS) is 12.7. The van der Waals surface area contributed by atoms with Gasteiger partial charge in [0.05, 0.1) is 18.3 Å². The van der Waals surface area contributed by atoms with Gasteiger partial charge in [0.2, 0.25) is 0 Å².